The molecule has 2 rings (SSSR count). The van der Waals surface area contributed by atoms with E-state index in [4.69, 9.17) is 11.6 Å². The molecule has 0 spiro atoms. The lowest BCUT2D eigenvalue weighted by molar-refractivity contribution is -0.137. The van der Waals surface area contributed by atoms with E-state index >= 15 is 0 Å². The third kappa shape index (κ3) is 3.22. The van der Waals surface area contributed by atoms with Crippen LogP contribution in [0.15, 0.2) is 41.2 Å². The van der Waals surface area contributed by atoms with Gasteiger partial charge in [-0.1, -0.05) is 23.7 Å². The number of benzene rings is 1. The van der Waals surface area contributed by atoms with Gasteiger partial charge in [0.15, 0.2) is 0 Å². The maximum Gasteiger partial charge on any atom is 0.416 e. The lowest BCUT2D eigenvalue weighted by Crippen LogP contribution is -2.22. The second-order valence-electron chi connectivity index (χ2n) is 4.44. The molecule has 106 valence electrons. The first-order chi connectivity index (χ1) is 9.27. The van der Waals surface area contributed by atoms with Crippen LogP contribution in [0.1, 0.15) is 16.8 Å². The molecule has 0 atom stereocenters. The Hall–Kier alpha value is -1.75. The molecule has 0 aliphatic heterocycles. The largest absolute Gasteiger partial charge is 0.416 e. The van der Waals surface area contributed by atoms with Gasteiger partial charge in [-0.2, -0.15) is 13.2 Å². The first-order valence-electron chi connectivity index (χ1n) is 5.80. The van der Waals surface area contributed by atoms with Crippen LogP contribution in [0, 0.1) is 6.92 Å². The van der Waals surface area contributed by atoms with Crippen molar-refractivity contribution in [1.82, 2.24) is 4.57 Å². The van der Waals surface area contributed by atoms with Gasteiger partial charge in [-0.15, -0.1) is 0 Å². The van der Waals surface area contributed by atoms with E-state index in [1.54, 1.807) is 19.1 Å². The summed E-state index contributed by atoms with van der Waals surface area (Å²) < 4.78 is 39.3. The second kappa shape index (κ2) is 5.32. The van der Waals surface area contributed by atoms with E-state index in [1.807, 2.05) is 0 Å². The SMILES string of the molecule is Cc1cc(Cl)cc(=O)n1Cc1cccc(C(F)(F)F)c1. The third-order valence-corrected chi connectivity index (χ3v) is 3.11. The number of rotatable bonds is 2. The molecule has 0 bridgehead atoms. The Balaban J connectivity index is 2.39. The van der Waals surface area contributed by atoms with Crippen LogP contribution in [0.2, 0.25) is 5.02 Å². The number of alkyl halides is 3. The molecule has 0 unspecified atom stereocenters. The Morgan fingerprint density at radius 1 is 1.20 bits per heavy atom. The summed E-state index contributed by atoms with van der Waals surface area (Å²) in [5, 5.41) is 0.313. The molecule has 0 aliphatic rings. The fourth-order valence-electron chi connectivity index (χ4n) is 1.92. The Morgan fingerprint density at radius 2 is 1.90 bits per heavy atom. The molecule has 0 saturated heterocycles. The van der Waals surface area contributed by atoms with Gasteiger partial charge >= 0.3 is 6.18 Å². The highest BCUT2D eigenvalue weighted by Gasteiger charge is 2.30. The van der Waals surface area contributed by atoms with E-state index in [0.29, 0.717) is 16.3 Å². The molecule has 0 saturated carbocycles. The molecule has 0 aliphatic carbocycles. The Bertz CT molecular complexity index is 692. The predicted octanol–water partition coefficient (Wildman–Crippen LogP) is 3.88. The van der Waals surface area contributed by atoms with E-state index in [0.717, 1.165) is 12.1 Å². The van der Waals surface area contributed by atoms with Gasteiger partial charge in [-0.05, 0) is 30.7 Å². The molecule has 0 N–H and O–H groups in total. The predicted molar refractivity (Wildman–Crippen MR) is 71.0 cm³/mol. The topological polar surface area (TPSA) is 22.0 Å². The van der Waals surface area contributed by atoms with Crippen molar-refractivity contribution in [3.05, 3.63) is 68.6 Å². The summed E-state index contributed by atoms with van der Waals surface area (Å²) in [6.45, 7) is 1.76. The van der Waals surface area contributed by atoms with Crippen molar-refractivity contribution in [3.63, 3.8) is 0 Å². The average molecular weight is 302 g/mol. The van der Waals surface area contributed by atoms with Gasteiger partial charge in [-0.25, -0.2) is 0 Å². The second-order valence-corrected chi connectivity index (χ2v) is 4.87. The van der Waals surface area contributed by atoms with Gasteiger partial charge in [-0.3, -0.25) is 4.79 Å². The molecule has 2 nitrogen and oxygen atoms in total. The Kier molecular flexibility index (Phi) is 3.90. The molecule has 6 heteroatoms. The molecule has 0 amide bonds. The van der Waals surface area contributed by atoms with E-state index in [1.165, 1.54) is 16.7 Å². The zero-order valence-electron chi connectivity index (χ0n) is 10.5. The lowest BCUT2D eigenvalue weighted by Gasteiger charge is -2.12. The van der Waals surface area contributed by atoms with Crippen LogP contribution in [-0.2, 0) is 12.7 Å². The maximum atomic E-state index is 12.6. The first kappa shape index (κ1) is 14.7. The number of hydrogen-bond acceptors (Lipinski definition) is 1. The van der Waals surface area contributed by atoms with Crippen LogP contribution < -0.4 is 5.56 Å². The van der Waals surface area contributed by atoms with E-state index < -0.39 is 11.7 Å². The summed E-state index contributed by atoms with van der Waals surface area (Å²) in [6.07, 6.45) is -4.39. The Morgan fingerprint density at radius 3 is 2.50 bits per heavy atom. The number of halogens is 4. The smallest absolute Gasteiger partial charge is 0.308 e. The van der Waals surface area contributed by atoms with E-state index in [2.05, 4.69) is 0 Å². The van der Waals surface area contributed by atoms with Crippen LogP contribution in [0.4, 0.5) is 13.2 Å². The zero-order chi connectivity index (χ0) is 14.9. The van der Waals surface area contributed by atoms with Crippen molar-refractivity contribution in [3.8, 4) is 0 Å². The highest BCUT2D eigenvalue weighted by atomic mass is 35.5. The fraction of sp³-hybridized carbons (Fsp3) is 0.214. The molecule has 1 heterocycles. The summed E-state index contributed by atoms with van der Waals surface area (Å²) >= 11 is 5.75. The minimum Gasteiger partial charge on any atom is -0.308 e. The van der Waals surface area contributed by atoms with E-state index in [-0.39, 0.29) is 12.1 Å². The van der Waals surface area contributed by atoms with Gasteiger partial charge < -0.3 is 4.57 Å². The molecule has 20 heavy (non-hydrogen) atoms. The van der Waals surface area contributed by atoms with Crippen molar-refractivity contribution in [2.24, 2.45) is 0 Å². The minimum atomic E-state index is -4.39. The van der Waals surface area contributed by atoms with Gasteiger partial charge in [0.1, 0.15) is 0 Å². The van der Waals surface area contributed by atoms with Gasteiger partial charge in [0, 0.05) is 16.8 Å². The van der Waals surface area contributed by atoms with Crippen LogP contribution in [-0.4, -0.2) is 4.57 Å². The summed E-state index contributed by atoms with van der Waals surface area (Å²) in [6, 6.07) is 7.75. The highest BCUT2D eigenvalue weighted by Crippen LogP contribution is 2.29. The van der Waals surface area contributed by atoms with Gasteiger partial charge in [0.05, 0.1) is 12.1 Å². The summed E-state index contributed by atoms with van der Waals surface area (Å²) in [7, 11) is 0. The first-order valence-corrected chi connectivity index (χ1v) is 6.18. The normalized spacial score (nSPS) is 11.7. The lowest BCUT2D eigenvalue weighted by atomic mass is 10.1. The van der Waals surface area contributed by atoms with Crippen molar-refractivity contribution in [2.75, 3.05) is 0 Å². The number of aryl methyl sites for hydroxylation is 1. The molecular weight excluding hydrogens is 291 g/mol. The van der Waals surface area contributed by atoms with E-state index in [9.17, 15) is 18.0 Å². The molecule has 1 aromatic heterocycles. The molecule has 0 radical (unpaired) electrons. The molecule has 0 fully saturated rings. The summed E-state index contributed by atoms with van der Waals surface area (Å²) in [5.74, 6) is 0. The number of aromatic nitrogens is 1. The Labute approximate surface area is 118 Å². The van der Waals surface area contributed by atoms with Crippen molar-refractivity contribution < 1.29 is 13.2 Å². The van der Waals surface area contributed by atoms with Crippen LogP contribution in [0.25, 0.3) is 0 Å². The molecule has 1 aromatic carbocycles. The van der Waals surface area contributed by atoms with Crippen molar-refractivity contribution in [1.29, 1.82) is 0 Å². The number of nitrogens with zero attached hydrogens (tertiary/aromatic N) is 1. The fourth-order valence-corrected chi connectivity index (χ4v) is 2.17. The molecular formula is C14H11ClF3NO. The van der Waals surface area contributed by atoms with Crippen molar-refractivity contribution >= 4 is 11.6 Å². The van der Waals surface area contributed by atoms with Crippen LogP contribution >= 0.6 is 11.6 Å². The van der Waals surface area contributed by atoms with Gasteiger partial charge in [0.25, 0.3) is 5.56 Å². The van der Waals surface area contributed by atoms with Gasteiger partial charge in [0.2, 0.25) is 0 Å². The monoisotopic (exact) mass is 301 g/mol. The summed E-state index contributed by atoms with van der Waals surface area (Å²) in [5.41, 5.74) is -0.0608. The highest BCUT2D eigenvalue weighted by molar-refractivity contribution is 6.30. The number of pyridine rings is 1. The number of hydrogen-bond donors (Lipinski definition) is 0. The standard InChI is InChI=1S/C14H11ClF3NO/c1-9-5-12(15)7-13(20)19(9)8-10-3-2-4-11(6-10)14(16,17)18/h2-7H,8H2,1H3. The molecule has 2 aromatic rings. The average Bonchev–Trinajstić information content (AvgIpc) is 2.33. The maximum absolute atomic E-state index is 12.6. The zero-order valence-corrected chi connectivity index (χ0v) is 11.3. The van der Waals surface area contributed by atoms with Crippen molar-refractivity contribution in [2.45, 2.75) is 19.6 Å². The third-order valence-electron chi connectivity index (χ3n) is 2.89. The minimum absolute atomic E-state index is 0.0752. The summed E-state index contributed by atoms with van der Waals surface area (Å²) in [4.78, 5) is 11.8. The quantitative estimate of drug-likeness (QED) is 0.825. The van der Waals surface area contributed by atoms with Crippen LogP contribution in [0.5, 0.6) is 0 Å². The van der Waals surface area contributed by atoms with Crippen LogP contribution in [0.3, 0.4) is 0 Å².